The summed E-state index contributed by atoms with van der Waals surface area (Å²) in [6.07, 6.45) is 0. The van der Waals surface area contributed by atoms with Crippen LogP contribution in [0.3, 0.4) is 0 Å². The summed E-state index contributed by atoms with van der Waals surface area (Å²) in [4.78, 5) is 3.56. The van der Waals surface area contributed by atoms with Crippen molar-refractivity contribution < 1.29 is 5.11 Å². The van der Waals surface area contributed by atoms with Gasteiger partial charge in [-0.15, -0.1) is 0 Å². The maximum Gasteiger partial charge on any atom is 0.166 e. The quantitative estimate of drug-likeness (QED) is 0.601. The molecule has 0 saturated heterocycles. The molecule has 0 aliphatic heterocycles. The molecule has 1 N–H and O–H groups in total. The third kappa shape index (κ3) is 3.91. The summed E-state index contributed by atoms with van der Waals surface area (Å²) in [6.45, 7) is 0.0515. The van der Waals surface area contributed by atoms with E-state index in [1.807, 2.05) is 36.4 Å². The largest absolute Gasteiger partial charge is 0.392 e. The zero-order valence-electron chi connectivity index (χ0n) is 12.2. The lowest BCUT2D eigenvalue weighted by Gasteiger charge is -2.08. The van der Waals surface area contributed by atoms with E-state index in [2.05, 4.69) is 36.4 Å². The number of hydrogen-bond acceptors (Lipinski definition) is 1. The van der Waals surface area contributed by atoms with Crippen LogP contribution in [-0.2, 0) is 17.5 Å². The Kier molecular flexibility index (Phi) is 5.29. The standard InChI is InChI=1S/C19H15Cl2OS/c20-15-3-9-18(10-4-15)23(19-11-5-16(21)6-12-19)17-7-1-14(13-22)2-8-17/h1-12,22H,13H2/q+1. The van der Waals surface area contributed by atoms with E-state index in [0.717, 1.165) is 15.6 Å². The van der Waals surface area contributed by atoms with Crippen LogP contribution in [-0.4, -0.2) is 5.11 Å². The van der Waals surface area contributed by atoms with E-state index in [4.69, 9.17) is 23.2 Å². The lowest BCUT2D eigenvalue weighted by Crippen LogP contribution is -2.04. The Morgan fingerprint density at radius 3 is 1.30 bits per heavy atom. The highest BCUT2D eigenvalue weighted by Gasteiger charge is 2.28. The highest BCUT2D eigenvalue weighted by molar-refractivity contribution is 7.97. The van der Waals surface area contributed by atoms with Crippen LogP contribution in [0.1, 0.15) is 5.56 Å². The molecule has 0 aliphatic carbocycles. The van der Waals surface area contributed by atoms with Gasteiger partial charge in [0, 0.05) is 10.0 Å². The summed E-state index contributed by atoms with van der Waals surface area (Å²) in [5.74, 6) is 0. The number of aliphatic hydroxyl groups excluding tert-OH is 1. The normalized spacial score (nSPS) is 11.0. The Bertz CT molecular complexity index is 722. The van der Waals surface area contributed by atoms with Crippen molar-refractivity contribution in [2.24, 2.45) is 0 Å². The first-order valence-electron chi connectivity index (χ1n) is 7.12. The summed E-state index contributed by atoms with van der Waals surface area (Å²) < 4.78 is 0. The van der Waals surface area contributed by atoms with Crippen molar-refractivity contribution in [1.29, 1.82) is 0 Å². The van der Waals surface area contributed by atoms with Gasteiger partial charge in [0.15, 0.2) is 14.7 Å². The van der Waals surface area contributed by atoms with Crippen LogP contribution in [0.25, 0.3) is 0 Å². The molecular formula is C19H15Cl2OS+. The highest BCUT2D eigenvalue weighted by atomic mass is 35.5. The first-order chi connectivity index (χ1) is 11.2. The van der Waals surface area contributed by atoms with Crippen molar-refractivity contribution in [2.75, 3.05) is 0 Å². The lowest BCUT2D eigenvalue weighted by molar-refractivity contribution is 0.282. The molecule has 3 aromatic rings. The molecular weight excluding hydrogens is 347 g/mol. The lowest BCUT2D eigenvalue weighted by atomic mass is 10.2. The Morgan fingerprint density at radius 2 is 0.957 bits per heavy atom. The first-order valence-corrected chi connectivity index (χ1v) is 9.10. The van der Waals surface area contributed by atoms with Crippen molar-refractivity contribution in [3.05, 3.63) is 88.4 Å². The van der Waals surface area contributed by atoms with E-state index in [9.17, 15) is 5.11 Å². The molecule has 0 spiro atoms. The maximum atomic E-state index is 9.24. The molecule has 0 unspecified atom stereocenters. The molecule has 0 bridgehead atoms. The van der Waals surface area contributed by atoms with Gasteiger partial charge in [-0.25, -0.2) is 0 Å². The predicted molar refractivity (Wildman–Crippen MR) is 97.4 cm³/mol. The van der Waals surface area contributed by atoms with Crippen LogP contribution < -0.4 is 0 Å². The van der Waals surface area contributed by atoms with E-state index < -0.39 is 0 Å². The zero-order valence-corrected chi connectivity index (χ0v) is 14.6. The minimum Gasteiger partial charge on any atom is -0.392 e. The molecule has 3 aromatic carbocycles. The Morgan fingerprint density at radius 1 is 0.609 bits per heavy atom. The van der Waals surface area contributed by atoms with Crippen LogP contribution in [0, 0.1) is 0 Å². The Labute approximate surface area is 148 Å². The van der Waals surface area contributed by atoms with Crippen molar-refractivity contribution in [1.82, 2.24) is 0 Å². The molecule has 116 valence electrons. The topological polar surface area (TPSA) is 20.2 Å². The molecule has 3 rings (SSSR count). The summed E-state index contributed by atoms with van der Waals surface area (Å²) in [5, 5.41) is 10.7. The minimum atomic E-state index is -0.240. The van der Waals surface area contributed by atoms with Gasteiger partial charge in [0.1, 0.15) is 0 Å². The summed E-state index contributed by atoms with van der Waals surface area (Å²) in [7, 11) is -0.240. The second-order valence-corrected chi connectivity index (χ2v) is 7.92. The number of aliphatic hydroxyl groups is 1. The van der Waals surface area contributed by atoms with Gasteiger partial charge in [-0.3, -0.25) is 0 Å². The first kappa shape index (κ1) is 16.4. The Hall–Kier alpha value is -1.45. The second-order valence-electron chi connectivity index (χ2n) is 5.02. The monoisotopic (exact) mass is 361 g/mol. The summed E-state index contributed by atoms with van der Waals surface area (Å²) in [5.41, 5.74) is 0.907. The molecule has 23 heavy (non-hydrogen) atoms. The number of hydrogen-bond donors (Lipinski definition) is 1. The molecule has 0 atom stereocenters. The zero-order chi connectivity index (χ0) is 16.2. The molecule has 4 heteroatoms. The third-order valence-electron chi connectivity index (χ3n) is 3.44. The Balaban J connectivity index is 2.08. The number of benzene rings is 3. The van der Waals surface area contributed by atoms with E-state index in [0.29, 0.717) is 0 Å². The van der Waals surface area contributed by atoms with Crippen LogP contribution >= 0.6 is 23.2 Å². The molecule has 0 amide bonds. The SMILES string of the molecule is OCc1ccc([S+](c2ccc(Cl)cc2)c2ccc(Cl)cc2)cc1. The van der Waals surface area contributed by atoms with Gasteiger partial charge in [-0.1, -0.05) is 35.3 Å². The number of rotatable bonds is 4. The van der Waals surface area contributed by atoms with Gasteiger partial charge < -0.3 is 5.11 Å². The number of halogens is 2. The van der Waals surface area contributed by atoms with Gasteiger partial charge in [0.05, 0.1) is 17.5 Å². The van der Waals surface area contributed by atoms with Gasteiger partial charge in [-0.05, 0) is 66.2 Å². The molecule has 0 fully saturated rings. The van der Waals surface area contributed by atoms with Crippen molar-refractivity contribution in [3.63, 3.8) is 0 Å². The van der Waals surface area contributed by atoms with E-state index >= 15 is 0 Å². The van der Waals surface area contributed by atoms with Gasteiger partial charge in [0.25, 0.3) is 0 Å². The molecule has 0 radical (unpaired) electrons. The van der Waals surface area contributed by atoms with Crippen LogP contribution in [0.5, 0.6) is 0 Å². The third-order valence-corrected chi connectivity index (χ3v) is 6.17. The molecule has 0 heterocycles. The van der Waals surface area contributed by atoms with Crippen LogP contribution in [0.15, 0.2) is 87.5 Å². The van der Waals surface area contributed by atoms with Crippen molar-refractivity contribution >= 4 is 34.1 Å². The van der Waals surface area contributed by atoms with Gasteiger partial charge in [-0.2, -0.15) is 0 Å². The average Bonchev–Trinajstić information content (AvgIpc) is 2.59. The van der Waals surface area contributed by atoms with Crippen molar-refractivity contribution in [2.45, 2.75) is 21.3 Å². The van der Waals surface area contributed by atoms with Crippen molar-refractivity contribution in [3.8, 4) is 0 Å². The van der Waals surface area contributed by atoms with E-state index in [1.54, 1.807) is 0 Å². The van der Waals surface area contributed by atoms with E-state index in [1.165, 1.54) is 14.7 Å². The molecule has 0 saturated carbocycles. The van der Waals surface area contributed by atoms with E-state index in [-0.39, 0.29) is 17.5 Å². The smallest absolute Gasteiger partial charge is 0.166 e. The second kappa shape index (κ2) is 7.41. The van der Waals surface area contributed by atoms with Gasteiger partial charge in [0.2, 0.25) is 0 Å². The minimum absolute atomic E-state index is 0.0515. The molecule has 0 aliphatic rings. The predicted octanol–water partition coefficient (Wildman–Crippen LogP) is 5.58. The fraction of sp³-hybridized carbons (Fsp3) is 0.0526. The molecule has 0 aromatic heterocycles. The maximum absolute atomic E-state index is 9.24. The summed E-state index contributed by atoms with van der Waals surface area (Å²) in [6, 6.07) is 23.9. The average molecular weight is 362 g/mol. The highest BCUT2D eigenvalue weighted by Crippen LogP contribution is 2.32. The summed E-state index contributed by atoms with van der Waals surface area (Å²) >= 11 is 12.1. The van der Waals surface area contributed by atoms with Gasteiger partial charge >= 0.3 is 0 Å². The van der Waals surface area contributed by atoms with Crippen LogP contribution in [0.4, 0.5) is 0 Å². The fourth-order valence-corrected chi connectivity index (χ4v) is 4.57. The fourth-order valence-electron chi connectivity index (χ4n) is 2.28. The van der Waals surface area contributed by atoms with Crippen LogP contribution in [0.2, 0.25) is 10.0 Å². The molecule has 1 nitrogen and oxygen atoms in total.